The van der Waals surface area contributed by atoms with E-state index in [1.54, 1.807) is 6.21 Å². The lowest BCUT2D eigenvalue weighted by molar-refractivity contribution is -0.123. The molecule has 74 valence electrons. The smallest absolute Gasteiger partial charge is 0.242 e. The van der Waals surface area contributed by atoms with Gasteiger partial charge in [0.25, 0.3) is 0 Å². The van der Waals surface area contributed by atoms with Crippen LogP contribution in [0.4, 0.5) is 0 Å². The molecular weight excluding hydrogens is 176 g/mol. The molecule has 0 radical (unpaired) electrons. The van der Waals surface area contributed by atoms with Gasteiger partial charge in [0, 0.05) is 5.92 Å². The van der Waals surface area contributed by atoms with Crippen molar-refractivity contribution >= 4 is 12.1 Å². The minimum atomic E-state index is -0.0721. The summed E-state index contributed by atoms with van der Waals surface area (Å²) >= 11 is 0. The second-order valence-corrected chi connectivity index (χ2v) is 3.30. The number of nitrogens with one attached hydrogen (secondary N) is 1. The summed E-state index contributed by atoms with van der Waals surface area (Å²) in [7, 11) is 0. The summed E-state index contributed by atoms with van der Waals surface area (Å²) in [6.45, 7) is 3.65. The Morgan fingerprint density at radius 1 is 1.36 bits per heavy atom. The first kappa shape index (κ1) is 10.4. The Balaban J connectivity index is 2.46. The quantitative estimate of drug-likeness (QED) is 0.573. The van der Waals surface area contributed by atoms with E-state index >= 15 is 0 Å². The van der Waals surface area contributed by atoms with Gasteiger partial charge in [-0.25, -0.2) is 5.43 Å². The molecule has 0 aromatic heterocycles. The molecule has 1 amide bonds. The van der Waals surface area contributed by atoms with Crippen LogP contribution in [0.2, 0.25) is 0 Å². The normalized spacial score (nSPS) is 10.8. The van der Waals surface area contributed by atoms with Gasteiger partial charge in [-0.05, 0) is 5.56 Å². The molecule has 1 rings (SSSR count). The van der Waals surface area contributed by atoms with Crippen LogP contribution in [0.5, 0.6) is 0 Å². The highest BCUT2D eigenvalue weighted by molar-refractivity contribution is 5.82. The average molecular weight is 190 g/mol. The molecular formula is C11H14N2O. The van der Waals surface area contributed by atoms with Crippen molar-refractivity contribution in [2.24, 2.45) is 11.0 Å². The molecule has 3 heteroatoms. The predicted molar refractivity (Wildman–Crippen MR) is 57.0 cm³/mol. The summed E-state index contributed by atoms with van der Waals surface area (Å²) in [6, 6.07) is 9.62. The average Bonchev–Trinajstić information content (AvgIpc) is 2.19. The lowest BCUT2D eigenvalue weighted by Crippen LogP contribution is -2.22. The first-order valence-corrected chi connectivity index (χ1v) is 4.58. The monoisotopic (exact) mass is 190 g/mol. The maximum atomic E-state index is 11.1. The molecule has 1 aromatic rings. The van der Waals surface area contributed by atoms with Crippen LogP contribution in [0, 0.1) is 5.92 Å². The molecule has 1 N–H and O–H groups in total. The van der Waals surface area contributed by atoms with Crippen LogP contribution < -0.4 is 5.43 Å². The van der Waals surface area contributed by atoms with Crippen LogP contribution in [0.15, 0.2) is 35.4 Å². The first-order valence-electron chi connectivity index (χ1n) is 4.58. The number of hydrogen-bond acceptors (Lipinski definition) is 2. The van der Waals surface area contributed by atoms with Gasteiger partial charge in [0.05, 0.1) is 6.21 Å². The number of carbonyl (C=O) groups excluding carboxylic acids is 1. The highest BCUT2D eigenvalue weighted by Crippen LogP contribution is 1.94. The predicted octanol–water partition coefficient (Wildman–Crippen LogP) is 1.79. The molecule has 0 fully saturated rings. The Kier molecular flexibility index (Phi) is 3.85. The van der Waals surface area contributed by atoms with E-state index < -0.39 is 0 Å². The van der Waals surface area contributed by atoms with Crippen LogP contribution in [0.3, 0.4) is 0 Å². The zero-order chi connectivity index (χ0) is 10.4. The Morgan fingerprint density at radius 2 is 2.00 bits per heavy atom. The zero-order valence-corrected chi connectivity index (χ0v) is 8.40. The summed E-state index contributed by atoms with van der Waals surface area (Å²) < 4.78 is 0. The molecule has 0 atom stereocenters. The van der Waals surface area contributed by atoms with Gasteiger partial charge in [0.15, 0.2) is 0 Å². The fourth-order valence-electron chi connectivity index (χ4n) is 0.839. The van der Waals surface area contributed by atoms with E-state index in [0.29, 0.717) is 0 Å². The van der Waals surface area contributed by atoms with Crippen molar-refractivity contribution < 1.29 is 4.79 Å². The first-order chi connectivity index (χ1) is 6.70. The molecule has 0 bridgehead atoms. The number of hydrogen-bond donors (Lipinski definition) is 1. The van der Waals surface area contributed by atoms with Crippen molar-refractivity contribution in [3.8, 4) is 0 Å². The second-order valence-electron chi connectivity index (χ2n) is 3.30. The molecule has 0 saturated carbocycles. The zero-order valence-electron chi connectivity index (χ0n) is 8.40. The van der Waals surface area contributed by atoms with Crippen molar-refractivity contribution in [1.82, 2.24) is 5.43 Å². The Bertz CT molecular complexity index is 317. The van der Waals surface area contributed by atoms with Crippen LogP contribution in [0.1, 0.15) is 19.4 Å². The minimum Gasteiger partial charge on any atom is -0.273 e. The minimum absolute atomic E-state index is 0.0390. The van der Waals surface area contributed by atoms with Gasteiger partial charge >= 0.3 is 0 Å². The van der Waals surface area contributed by atoms with Crippen LogP contribution in [-0.4, -0.2) is 12.1 Å². The molecule has 0 unspecified atom stereocenters. The van der Waals surface area contributed by atoms with E-state index in [9.17, 15) is 4.79 Å². The van der Waals surface area contributed by atoms with E-state index in [0.717, 1.165) is 5.56 Å². The SMILES string of the molecule is CC(C)C(=O)NN=Cc1ccccc1. The lowest BCUT2D eigenvalue weighted by Gasteiger charge is -2.00. The second kappa shape index (κ2) is 5.17. The standard InChI is InChI=1S/C11H14N2O/c1-9(2)11(14)13-12-8-10-6-4-3-5-7-10/h3-9H,1-2H3,(H,13,14). The van der Waals surface area contributed by atoms with Crippen molar-refractivity contribution in [2.75, 3.05) is 0 Å². The Labute approximate surface area is 83.8 Å². The van der Waals surface area contributed by atoms with Crippen LogP contribution >= 0.6 is 0 Å². The van der Waals surface area contributed by atoms with Crippen molar-refractivity contribution in [3.63, 3.8) is 0 Å². The summed E-state index contributed by atoms with van der Waals surface area (Å²) in [5.41, 5.74) is 3.43. The lowest BCUT2D eigenvalue weighted by atomic mass is 10.2. The van der Waals surface area contributed by atoms with Gasteiger partial charge in [-0.2, -0.15) is 5.10 Å². The number of carbonyl (C=O) groups is 1. The van der Waals surface area contributed by atoms with Gasteiger partial charge < -0.3 is 0 Å². The van der Waals surface area contributed by atoms with Crippen LogP contribution in [-0.2, 0) is 4.79 Å². The maximum Gasteiger partial charge on any atom is 0.242 e. The van der Waals surface area contributed by atoms with E-state index in [-0.39, 0.29) is 11.8 Å². The molecule has 14 heavy (non-hydrogen) atoms. The topological polar surface area (TPSA) is 41.5 Å². The molecule has 3 nitrogen and oxygen atoms in total. The highest BCUT2D eigenvalue weighted by atomic mass is 16.2. The summed E-state index contributed by atoms with van der Waals surface area (Å²) in [5, 5.41) is 3.84. The molecule has 0 aliphatic heterocycles. The third kappa shape index (κ3) is 3.39. The number of nitrogens with zero attached hydrogens (tertiary/aromatic N) is 1. The number of hydrazone groups is 1. The van der Waals surface area contributed by atoms with E-state index in [1.165, 1.54) is 0 Å². The molecule has 0 aliphatic carbocycles. The van der Waals surface area contributed by atoms with E-state index in [1.807, 2.05) is 44.2 Å². The van der Waals surface area contributed by atoms with E-state index in [4.69, 9.17) is 0 Å². The van der Waals surface area contributed by atoms with Gasteiger partial charge in [-0.15, -0.1) is 0 Å². The molecule has 1 aromatic carbocycles. The van der Waals surface area contributed by atoms with Gasteiger partial charge in [-0.1, -0.05) is 44.2 Å². The Morgan fingerprint density at radius 3 is 2.57 bits per heavy atom. The summed E-state index contributed by atoms with van der Waals surface area (Å²) in [4.78, 5) is 11.1. The fourth-order valence-corrected chi connectivity index (χ4v) is 0.839. The van der Waals surface area contributed by atoms with Crippen molar-refractivity contribution in [3.05, 3.63) is 35.9 Å². The molecule has 0 aliphatic rings. The summed E-state index contributed by atoms with van der Waals surface area (Å²) in [5.74, 6) is -0.111. The molecule has 0 spiro atoms. The number of amides is 1. The van der Waals surface area contributed by atoms with Crippen LogP contribution in [0.25, 0.3) is 0 Å². The van der Waals surface area contributed by atoms with E-state index in [2.05, 4.69) is 10.5 Å². The third-order valence-electron chi connectivity index (χ3n) is 1.71. The fraction of sp³-hybridized carbons (Fsp3) is 0.273. The molecule has 0 saturated heterocycles. The maximum absolute atomic E-state index is 11.1. The molecule has 0 heterocycles. The van der Waals surface area contributed by atoms with Crippen molar-refractivity contribution in [1.29, 1.82) is 0 Å². The van der Waals surface area contributed by atoms with Gasteiger partial charge in [0.2, 0.25) is 5.91 Å². The van der Waals surface area contributed by atoms with Crippen molar-refractivity contribution in [2.45, 2.75) is 13.8 Å². The number of benzene rings is 1. The third-order valence-corrected chi connectivity index (χ3v) is 1.71. The van der Waals surface area contributed by atoms with Gasteiger partial charge in [0.1, 0.15) is 0 Å². The largest absolute Gasteiger partial charge is 0.273 e. The summed E-state index contributed by atoms with van der Waals surface area (Å²) in [6.07, 6.45) is 1.63. The Hall–Kier alpha value is -1.64. The highest BCUT2D eigenvalue weighted by Gasteiger charge is 2.03. The number of rotatable bonds is 3. The van der Waals surface area contributed by atoms with Gasteiger partial charge in [-0.3, -0.25) is 4.79 Å².